The quantitative estimate of drug-likeness (QED) is 0.509. The van der Waals surface area contributed by atoms with Crippen LogP contribution in [-0.4, -0.2) is 11.5 Å². The monoisotopic (exact) mass is 179 g/mol. The Balaban J connectivity index is 2.25. The maximum Gasteiger partial charge on any atom is 0.228 e. The molecule has 13 heavy (non-hydrogen) atoms. The van der Waals surface area contributed by atoms with E-state index < -0.39 is 0 Å². The van der Waals surface area contributed by atoms with Gasteiger partial charge in [0, 0.05) is 16.9 Å². The van der Waals surface area contributed by atoms with Gasteiger partial charge < -0.3 is 4.74 Å². The van der Waals surface area contributed by atoms with Crippen molar-refractivity contribution >= 4 is 0 Å². The molecule has 68 valence electrons. The predicted molar refractivity (Wildman–Crippen MR) is 46.3 cm³/mol. The molecule has 0 amide bonds. The summed E-state index contributed by atoms with van der Waals surface area (Å²) in [5.74, 6) is 0.868. The van der Waals surface area contributed by atoms with Crippen LogP contribution in [0, 0.1) is 10.1 Å². The fourth-order valence-corrected chi connectivity index (χ4v) is 1.49. The maximum absolute atomic E-state index is 10.2. The second kappa shape index (κ2) is 3.05. The summed E-state index contributed by atoms with van der Waals surface area (Å²) in [5.41, 5.74) is 1.83. The molecule has 1 aliphatic rings. The van der Waals surface area contributed by atoms with E-state index in [9.17, 15) is 10.1 Å². The van der Waals surface area contributed by atoms with Gasteiger partial charge in [0.1, 0.15) is 5.75 Å². The molecule has 2 rings (SSSR count). The number of ether oxygens (including phenoxy) is 1. The first-order valence-corrected chi connectivity index (χ1v) is 4.12. The number of nitro groups is 1. The lowest BCUT2D eigenvalue weighted by Crippen LogP contribution is -1.98. The van der Waals surface area contributed by atoms with E-state index in [0.717, 1.165) is 23.3 Å². The standard InChI is InChI=1S/C9H9NO3/c11-10(12)6-7-1-2-9-8(5-7)3-4-13-9/h1-2,5H,3-4,6H2. The molecule has 0 N–H and O–H groups in total. The van der Waals surface area contributed by atoms with Crippen molar-refractivity contribution in [3.05, 3.63) is 39.4 Å². The topological polar surface area (TPSA) is 52.4 Å². The van der Waals surface area contributed by atoms with Crippen molar-refractivity contribution in [1.29, 1.82) is 0 Å². The Kier molecular flexibility index (Phi) is 1.88. The highest BCUT2D eigenvalue weighted by Crippen LogP contribution is 2.25. The summed E-state index contributed by atoms with van der Waals surface area (Å²) in [7, 11) is 0. The maximum atomic E-state index is 10.2. The number of fused-ring (bicyclic) bond motifs is 1. The minimum absolute atomic E-state index is 0.104. The first kappa shape index (κ1) is 8.04. The summed E-state index contributed by atoms with van der Waals surface area (Å²) in [6.45, 7) is 0.588. The van der Waals surface area contributed by atoms with Crippen LogP contribution in [0.2, 0.25) is 0 Å². The van der Waals surface area contributed by atoms with Crippen molar-refractivity contribution in [3.8, 4) is 5.75 Å². The second-order valence-corrected chi connectivity index (χ2v) is 3.03. The SMILES string of the molecule is O=[N+]([O-])Cc1ccc2c(c1)CCO2. The lowest BCUT2D eigenvalue weighted by Gasteiger charge is -1.99. The predicted octanol–water partition coefficient (Wildman–Crippen LogP) is 1.40. The van der Waals surface area contributed by atoms with Crippen molar-refractivity contribution in [2.45, 2.75) is 13.0 Å². The van der Waals surface area contributed by atoms with Crippen molar-refractivity contribution in [2.24, 2.45) is 0 Å². The van der Waals surface area contributed by atoms with Crippen LogP contribution >= 0.6 is 0 Å². The molecule has 0 fully saturated rings. The third-order valence-electron chi connectivity index (χ3n) is 2.07. The smallest absolute Gasteiger partial charge is 0.228 e. The molecule has 1 heterocycles. The van der Waals surface area contributed by atoms with Gasteiger partial charge in [0.15, 0.2) is 0 Å². The molecule has 0 aromatic heterocycles. The fraction of sp³-hybridized carbons (Fsp3) is 0.333. The van der Waals surface area contributed by atoms with E-state index in [0.29, 0.717) is 6.61 Å². The van der Waals surface area contributed by atoms with Crippen LogP contribution in [-0.2, 0) is 13.0 Å². The van der Waals surface area contributed by atoms with Crippen LogP contribution in [0.1, 0.15) is 11.1 Å². The lowest BCUT2D eigenvalue weighted by atomic mass is 10.1. The average molecular weight is 179 g/mol. The minimum atomic E-state index is -0.322. The number of nitrogens with zero attached hydrogens (tertiary/aromatic N) is 1. The van der Waals surface area contributed by atoms with E-state index in [-0.39, 0.29) is 11.5 Å². The minimum Gasteiger partial charge on any atom is -0.493 e. The van der Waals surface area contributed by atoms with Crippen LogP contribution in [0.25, 0.3) is 0 Å². The summed E-state index contributed by atoms with van der Waals surface area (Å²) in [5, 5.41) is 10.2. The van der Waals surface area contributed by atoms with Crippen LogP contribution < -0.4 is 4.74 Å². The number of hydrogen-bond acceptors (Lipinski definition) is 3. The summed E-state index contributed by atoms with van der Waals surface area (Å²) >= 11 is 0. The van der Waals surface area contributed by atoms with Crippen molar-refractivity contribution in [1.82, 2.24) is 0 Å². The van der Waals surface area contributed by atoms with Gasteiger partial charge in [-0.3, -0.25) is 10.1 Å². The number of hydrogen-bond donors (Lipinski definition) is 0. The summed E-state index contributed by atoms with van der Waals surface area (Å²) < 4.78 is 5.29. The van der Waals surface area contributed by atoms with E-state index >= 15 is 0 Å². The summed E-state index contributed by atoms with van der Waals surface area (Å²) in [6, 6.07) is 5.40. The Labute approximate surface area is 75.3 Å². The van der Waals surface area contributed by atoms with Gasteiger partial charge >= 0.3 is 0 Å². The third-order valence-corrected chi connectivity index (χ3v) is 2.07. The Hall–Kier alpha value is -1.58. The van der Waals surface area contributed by atoms with E-state index in [2.05, 4.69) is 0 Å². The highest BCUT2D eigenvalue weighted by Gasteiger charge is 2.13. The van der Waals surface area contributed by atoms with Gasteiger partial charge in [-0.1, -0.05) is 0 Å². The van der Waals surface area contributed by atoms with Crippen molar-refractivity contribution in [3.63, 3.8) is 0 Å². The molecule has 0 aliphatic carbocycles. The fourth-order valence-electron chi connectivity index (χ4n) is 1.49. The molecule has 4 nitrogen and oxygen atoms in total. The third kappa shape index (κ3) is 1.61. The Bertz CT molecular complexity index is 349. The molecule has 0 saturated heterocycles. The normalized spacial score (nSPS) is 13.5. The van der Waals surface area contributed by atoms with Gasteiger partial charge in [0.25, 0.3) is 0 Å². The second-order valence-electron chi connectivity index (χ2n) is 3.03. The molecular formula is C9H9NO3. The van der Waals surface area contributed by atoms with Crippen molar-refractivity contribution in [2.75, 3.05) is 6.61 Å². The number of rotatable bonds is 2. The van der Waals surface area contributed by atoms with Gasteiger partial charge in [-0.25, -0.2) is 0 Å². The summed E-state index contributed by atoms with van der Waals surface area (Å²) in [6.07, 6.45) is 0.862. The highest BCUT2D eigenvalue weighted by atomic mass is 16.6. The highest BCUT2D eigenvalue weighted by molar-refractivity contribution is 5.39. The van der Waals surface area contributed by atoms with Crippen molar-refractivity contribution < 1.29 is 9.66 Å². The summed E-state index contributed by atoms with van der Waals surface area (Å²) in [4.78, 5) is 9.92. The molecule has 0 radical (unpaired) electrons. The zero-order chi connectivity index (χ0) is 9.26. The molecule has 0 unspecified atom stereocenters. The van der Waals surface area contributed by atoms with E-state index in [1.807, 2.05) is 6.07 Å². The zero-order valence-electron chi connectivity index (χ0n) is 7.03. The molecule has 0 saturated carbocycles. The van der Waals surface area contributed by atoms with Crippen LogP contribution in [0.3, 0.4) is 0 Å². The van der Waals surface area contributed by atoms with E-state index in [1.165, 1.54) is 0 Å². The Morgan fingerprint density at radius 2 is 2.38 bits per heavy atom. The van der Waals surface area contributed by atoms with Gasteiger partial charge in [-0.05, 0) is 23.8 Å². The molecule has 0 spiro atoms. The van der Waals surface area contributed by atoms with Crippen LogP contribution in [0.5, 0.6) is 5.75 Å². The first-order valence-electron chi connectivity index (χ1n) is 4.12. The van der Waals surface area contributed by atoms with E-state index in [1.54, 1.807) is 12.1 Å². The van der Waals surface area contributed by atoms with E-state index in [4.69, 9.17) is 4.74 Å². The average Bonchev–Trinajstić information content (AvgIpc) is 2.49. The lowest BCUT2D eigenvalue weighted by molar-refractivity contribution is -0.496. The van der Waals surface area contributed by atoms with Gasteiger partial charge in [0.2, 0.25) is 6.54 Å². The van der Waals surface area contributed by atoms with Crippen LogP contribution in [0.15, 0.2) is 18.2 Å². The first-order chi connectivity index (χ1) is 6.25. The molecule has 0 bridgehead atoms. The molecular weight excluding hydrogens is 170 g/mol. The molecule has 1 aliphatic heterocycles. The molecule has 0 atom stereocenters. The largest absolute Gasteiger partial charge is 0.493 e. The molecule has 1 aromatic carbocycles. The van der Waals surface area contributed by atoms with Crippen LogP contribution in [0.4, 0.5) is 0 Å². The van der Waals surface area contributed by atoms with Gasteiger partial charge in [0.05, 0.1) is 6.61 Å². The Morgan fingerprint density at radius 3 is 3.15 bits per heavy atom. The van der Waals surface area contributed by atoms with Gasteiger partial charge in [-0.15, -0.1) is 0 Å². The molecule has 4 heteroatoms. The Morgan fingerprint density at radius 1 is 1.54 bits per heavy atom. The number of benzene rings is 1. The molecule has 1 aromatic rings. The zero-order valence-corrected chi connectivity index (χ0v) is 7.03. The van der Waals surface area contributed by atoms with Gasteiger partial charge in [-0.2, -0.15) is 0 Å².